The molecule has 0 aliphatic rings. The van der Waals surface area contributed by atoms with Crippen LogP contribution in [0.25, 0.3) is 16.2 Å². The van der Waals surface area contributed by atoms with Crippen LogP contribution in [-0.2, 0) is 10.0 Å². The molecule has 0 aliphatic carbocycles. The van der Waals surface area contributed by atoms with E-state index in [-0.39, 0.29) is 10.7 Å². The highest BCUT2D eigenvalue weighted by Gasteiger charge is 2.22. The van der Waals surface area contributed by atoms with E-state index in [0.717, 1.165) is 0 Å². The summed E-state index contributed by atoms with van der Waals surface area (Å²) in [6.07, 6.45) is 1.79. The van der Waals surface area contributed by atoms with Crippen LogP contribution in [0.1, 0.15) is 24.2 Å². The summed E-state index contributed by atoms with van der Waals surface area (Å²) in [4.78, 5) is 18.3. The first-order valence-corrected chi connectivity index (χ1v) is 12.3. The van der Waals surface area contributed by atoms with Crippen molar-refractivity contribution in [3.8, 4) is 11.3 Å². The van der Waals surface area contributed by atoms with Gasteiger partial charge in [-0.3, -0.25) is 9.20 Å². The standard InChI is InChI=1S/C22H21FN4O3S2/c1-3-26(4-2)32(29,30)18-11-7-16(8-12-18)21(28)25-20-19(15-5-9-17(23)10-6-15)24-22-27(20)13-14-31-22/h5-14H,3-4H2,1-2H3,(H,25,28). The van der Waals surface area contributed by atoms with E-state index < -0.39 is 15.9 Å². The Morgan fingerprint density at radius 1 is 1.09 bits per heavy atom. The van der Waals surface area contributed by atoms with Crippen molar-refractivity contribution in [1.82, 2.24) is 13.7 Å². The van der Waals surface area contributed by atoms with E-state index in [4.69, 9.17) is 0 Å². The maximum atomic E-state index is 13.4. The average Bonchev–Trinajstić information content (AvgIpc) is 3.38. The molecule has 0 aliphatic heterocycles. The number of fused-ring (bicyclic) bond motifs is 1. The molecule has 0 saturated carbocycles. The number of rotatable bonds is 7. The van der Waals surface area contributed by atoms with Crippen molar-refractivity contribution < 1.29 is 17.6 Å². The molecule has 0 saturated heterocycles. The quantitative estimate of drug-likeness (QED) is 0.430. The third-order valence-electron chi connectivity index (χ3n) is 5.07. The van der Waals surface area contributed by atoms with Crippen LogP contribution in [0, 0.1) is 5.82 Å². The summed E-state index contributed by atoms with van der Waals surface area (Å²) < 4.78 is 41.8. The molecule has 0 spiro atoms. The Kier molecular flexibility index (Phi) is 6.09. The molecule has 1 N–H and O–H groups in total. The lowest BCUT2D eigenvalue weighted by Crippen LogP contribution is -2.30. The maximum absolute atomic E-state index is 13.4. The van der Waals surface area contributed by atoms with Gasteiger partial charge in [-0.2, -0.15) is 4.31 Å². The fourth-order valence-corrected chi connectivity index (χ4v) is 5.56. The smallest absolute Gasteiger partial charge is 0.256 e. The Hall–Kier alpha value is -3.08. The molecule has 4 aromatic rings. The molecule has 32 heavy (non-hydrogen) atoms. The number of nitrogens with zero attached hydrogens (tertiary/aromatic N) is 3. The molecule has 0 bridgehead atoms. The SMILES string of the molecule is CCN(CC)S(=O)(=O)c1ccc(C(=O)Nc2c(-c3ccc(F)cc3)nc3sccn23)cc1. The molecule has 0 atom stereocenters. The number of nitrogens with one attached hydrogen (secondary N) is 1. The second-order valence-corrected chi connectivity index (χ2v) is 9.75. The number of hydrogen-bond acceptors (Lipinski definition) is 5. The summed E-state index contributed by atoms with van der Waals surface area (Å²) in [5, 5.41) is 4.71. The summed E-state index contributed by atoms with van der Waals surface area (Å²) in [6.45, 7) is 4.28. The lowest BCUT2D eigenvalue weighted by molar-refractivity contribution is 0.102. The third kappa shape index (κ3) is 4.04. The highest BCUT2D eigenvalue weighted by atomic mass is 32.2. The predicted octanol–water partition coefficient (Wildman–Crippen LogP) is 4.48. The summed E-state index contributed by atoms with van der Waals surface area (Å²) in [7, 11) is -3.60. The number of anilines is 1. The largest absolute Gasteiger partial charge is 0.306 e. The third-order valence-corrected chi connectivity index (χ3v) is 7.89. The van der Waals surface area contributed by atoms with Gasteiger partial charge in [0.25, 0.3) is 5.91 Å². The molecule has 4 rings (SSSR count). The number of sulfonamides is 1. The lowest BCUT2D eigenvalue weighted by Gasteiger charge is -2.18. The monoisotopic (exact) mass is 472 g/mol. The van der Waals surface area contributed by atoms with Crippen molar-refractivity contribution in [3.63, 3.8) is 0 Å². The van der Waals surface area contributed by atoms with Gasteiger partial charge >= 0.3 is 0 Å². The van der Waals surface area contributed by atoms with E-state index in [0.29, 0.717) is 40.7 Å². The van der Waals surface area contributed by atoms with Gasteiger partial charge in [0.2, 0.25) is 10.0 Å². The average molecular weight is 473 g/mol. The number of carbonyl (C=O) groups is 1. The van der Waals surface area contributed by atoms with Crippen molar-refractivity contribution in [2.75, 3.05) is 18.4 Å². The van der Waals surface area contributed by atoms with Gasteiger partial charge in [-0.05, 0) is 48.5 Å². The van der Waals surface area contributed by atoms with Crippen LogP contribution in [0.4, 0.5) is 10.2 Å². The normalized spacial score (nSPS) is 11.9. The Labute approximate surface area is 189 Å². The number of carbonyl (C=O) groups excluding carboxylic acids is 1. The highest BCUT2D eigenvalue weighted by Crippen LogP contribution is 2.31. The summed E-state index contributed by atoms with van der Waals surface area (Å²) in [6, 6.07) is 11.7. The zero-order valence-corrected chi connectivity index (χ0v) is 19.1. The number of imidazole rings is 1. The minimum Gasteiger partial charge on any atom is -0.306 e. The van der Waals surface area contributed by atoms with Gasteiger partial charge in [0.05, 0.1) is 4.90 Å². The second-order valence-electron chi connectivity index (χ2n) is 6.94. The van der Waals surface area contributed by atoms with Crippen LogP contribution in [0.15, 0.2) is 65.0 Å². The first-order valence-electron chi connectivity index (χ1n) is 9.98. The lowest BCUT2D eigenvalue weighted by atomic mass is 10.1. The molecule has 2 heterocycles. The van der Waals surface area contributed by atoms with Crippen LogP contribution < -0.4 is 5.32 Å². The number of amides is 1. The van der Waals surface area contributed by atoms with Crippen LogP contribution in [0.3, 0.4) is 0 Å². The van der Waals surface area contributed by atoms with Gasteiger partial charge in [0, 0.05) is 35.8 Å². The summed E-state index contributed by atoms with van der Waals surface area (Å²) in [5.41, 5.74) is 1.49. The van der Waals surface area contributed by atoms with Crippen molar-refractivity contribution >= 4 is 38.0 Å². The zero-order valence-electron chi connectivity index (χ0n) is 17.4. The Balaban J connectivity index is 1.64. The number of halogens is 1. The number of aromatic nitrogens is 2. The van der Waals surface area contributed by atoms with Crippen molar-refractivity contribution in [3.05, 3.63) is 71.5 Å². The van der Waals surface area contributed by atoms with Crippen LogP contribution in [0.5, 0.6) is 0 Å². The van der Waals surface area contributed by atoms with Crippen LogP contribution in [-0.4, -0.2) is 41.1 Å². The molecule has 0 unspecified atom stereocenters. The van der Waals surface area contributed by atoms with Crippen LogP contribution in [0.2, 0.25) is 0 Å². The fourth-order valence-electron chi connectivity index (χ4n) is 3.38. The number of hydrogen-bond donors (Lipinski definition) is 1. The second kappa shape index (κ2) is 8.81. The molecule has 7 nitrogen and oxygen atoms in total. The van der Waals surface area contributed by atoms with Gasteiger partial charge in [0.15, 0.2) is 4.96 Å². The minimum atomic E-state index is -3.60. The van der Waals surface area contributed by atoms with E-state index in [1.54, 1.807) is 36.6 Å². The van der Waals surface area contributed by atoms with Gasteiger partial charge in [0.1, 0.15) is 17.3 Å². The minimum absolute atomic E-state index is 0.134. The van der Waals surface area contributed by atoms with Crippen molar-refractivity contribution in [2.24, 2.45) is 0 Å². The molecule has 2 aromatic carbocycles. The van der Waals surface area contributed by atoms with Crippen LogP contribution >= 0.6 is 11.3 Å². The summed E-state index contributed by atoms with van der Waals surface area (Å²) >= 11 is 1.41. The molecular formula is C22H21FN4O3S2. The van der Waals surface area contributed by atoms with E-state index >= 15 is 0 Å². The Morgan fingerprint density at radius 3 is 2.38 bits per heavy atom. The molecular weight excluding hydrogens is 451 g/mol. The highest BCUT2D eigenvalue weighted by molar-refractivity contribution is 7.89. The molecule has 10 heteroatoms. The predicted molar refractivity (Wildman–Crippen MR) is 123 cm³/mol. The molecule has 166 valence electrons. The topological polar surface area (TPSA) is 83.8 Å². The maximum Gasteiger partial charge on any atom is 0.256 e. The first kappa shape index (κ1) is 22.1. The van der Waals surface area contributed by atoms with Gasteiger partial charge in [-0.25, -0.2) is 17.8 Å². The summed E-state index contributed by atoms with van der Waals surface area (Å²) in [5.74, 6) is -0.314. The van der Waals surface area contributed by atoms with E-state index in [2.05, 4.69) is 10.3 Å². The fraction of sp³-hybridized carbons (Fsp3) is 0.182. The molecule has 0 radical (unpaired) electrons. The van der Waals surface area contributed by atoms with E-state index in [1.807, 2.05) is 5.38 Å². The van der Waals surface area contributed by atoms with Crippen molar-refractivity contribution in [2.45, 2.75) is 18.7 Å². The van der Waals surface area contributed by atoms with Gasteiger partial charge in [-0.1, -0.05) is 13.8 Å². The molecule has 0 fully saturated rings. The van der Waals surface area contributed by atoms with E-state index in [9.17, 15) is 17.6 Å². The zero-order chi connectivity index (χ0) is 22.9. The van der Waals surface area contributed by atoms with E-state index in [1.165, 1.54) is 52.0 Å². The van der Waals surface area contributed by atoms with Gasteiger partial charge in [-0.15, -0.1) is 11.3 Å². The number of thiazole rings is 1. The molecule has 2 aromatic heterocycles. The van der Waals surface area contributed by atoms with Crippen molar-refractivity contribution in [1.29, 1.82) is 0 Å². The van der Waals surface area contributed by atoms with Gasteiger partial charge < -0.3 is 5.32 Å². The Bertz CT molecular complexity index is 1360. The Morgan fingerprint density at radius 2 is 1.75 bits per heavy atom. The number of benzene rings is 2. The first-order chi connectivity index (χ1) is 15.3. The molecule has 1 amide bonds.